The Kier molecular flexibility index (Phi) is 6.65. The summed E-state index contributed by atoms with van der Waals surface area (Å²) in [4.78, 5) is 12.9. The molecule has 1 aromatic heterocycles. The molecule has 2 rings (SSSR count). The van der Waals surface area contributed by atoms with Crippen molar-refractivity contribution in [1.29, 1.82) is 0 Å². The van der Waals surface area contributed by atoms with Crippen molar-refractivity contribution >= 4 is 17.5 Å². The maximum atomic E-state index is 12.9. The second-order valence-electron chi connectivity index (χ2n) is 7.19. The van der Waals surface area contributed by atoms with Crippen molar-refractivity contribution in [1.82, 2.24) is 15.1 Å². The van der Waals surface area contributed by atoms with E-state index in [2.05, 4.69) is 33.0 Å². The first-order chi connectivity index (χ1) is 11.8. The minimum atomic E-state index is -0.0421. The number of rotatable bonds is 7. The molecule has 1 N–H and O–H groups in total. The van der Waals surface area contributed by atoms with E-state index in [4.69, 9.17) is 16.7 Å². The third-order valence-electron chi connectivity index (χ3n) is 3.97. The number of carbonyl (C=O) groups excluding carboxylic acids is 1. The third kappa shape index (κ3) is 4.63. The second-order valence-corrected chi connectivity index (χ2v) is 7.59. The molecule has 4 nitrogen and oxygen atoms in total. The van der Waals surface area contributed by atoms with Crippen LogP contribution in [0.4, 0.5) is 0 Å². The van der Waals surface area contributed by atoms with Crippen LogP contribution in [0.1, 0.15) is 56.4 Å². The van der Waals surface area contributed by atoms with Gasteiger partial charge < -0.3 is 5.32 Å². The van der Waals surface area contributed by atoms with Crippen LogP contribution in [0.5, 0.6) is 0 Å². The molecule has 0 radical (unpaired) electrons. The number of benzene rings is 1. The molecule has 1 heterocycles. The standard InChI is InChI=1S/C20H28ClN3O/c1-6-17-19(20(25)22-12-14(4)5)16(11-13(2)3)23-24(17)18-10-8-7-9-15(18)21/h7-10,13-14H,6,11-12H2,1-5H3,(H,22,25). The summed E-state index contributed by atoms with van der Waals surface area (Å²) < 4.78 is 1.84. The lowest BCUT2D eigenvalue weighted by atomic mass is 10.0. The Bertz CT molecular complexity index is 735. The van der Waals surface area contributed by atoms with Gasteiger partial charge in [0.15, 0.2) is 0 Å². The van der Waals surface area contributed by atoms with Gasteiger partial charge in [-0.2, -0.15) is 5.10 Å². The number of halogens is 1. The fourth-order valence-electron chi connectivity index (χ4n) is 2.83. The van der Waals surface area contributed by atoms with E-state index in [0.717, 1.165) is 23.5 Å². The zero-order valence-electron chi connectivity index (χ0n) is 15.8. The molecule has 0 spiro atoms. The number of hydrogen-bond acceptors (Lipinski definition) is 2. The van der Waals surface area contributed by atoms with E-state index in [1.54, 1.807) is 0 Å². The van der Waals surface area contributed by atoms with Crippen LogP contribution in [0.25, 0.3) is 5.69 Å². The topological polar surface area (TPSA) is 46.9 Å². The highest BCUT2D eigenvalue weighted by Crippen LogP contribution is 2.26. The number of aromatic nitrogens is 2. The lowest BCUT2D eigenvalue weighted by Crippen LogP contribution is -2.29. The first kappa shape index (κ1) is 19.5. The Morgan fingerprint density at radius 3 is 2.44 bits per heavy atom. The van der Waals surface area contributed by atoms with Crippen LogP contribution in [0.3, 0.4) is 0 Å². The molecule has 0 saturated carbocycles. The minimum absolute atomic E-state index is 0.0421. The maximum Gasteiger partial charge on any atom is 0.255 e. The summed E-state index contributed by atoms with van der Waals surface area (Å²) in [5.41, 5.74) is 3.27. The summed E-state index contributed by atoms with van der Waals surface area (Å²) in [7, 11) is 0. The van der Waals surface area contributed by atoms with E-state index in [1.165, 1.54) is 0 Å². The van der Waals surface area contributed by atoms with Gasteiger partial charge in [-0.05, 0) is 36.8 Å². The highest BCUT2D eigenvalue weighted by molar-refractivity contribution is 6.32. The van der Waals surface area contributed by atoms with Crippen molar-refractivity contribution in [2.24, 2.45) is 11.8 Å². The van der Waals surface area contributed by atoms with Gasteiger partial charge in [0.05, 0.1) is 27.7 Å². The van der Waals surface area contributed by atoms with Gasteiger partial charge in [-0.15, -0.1) is 0 Å². The molecule has 0 aliphatic rings. The van der Waals surface area contributed by atoms with Crippen LogP contribution >= 0.6 is 11.6 Å². The van der Waals surface area contributed by atoms with Crippen LogP contribution in [-0.2, 0) is 12.8 Å². The molecule has 2 aromatic rings. The van der Waals surface area contributed by atoms with Crippen LogP contribution < -0.4 is 5.32 Å². The highest BCUT2D eigenvalue weighted by atomic mass is 35.5. The first-order valence-corrected chi connectivity index (χ1v) is 9.36. The monoisotopic (exact) mass is 361 g/mol. The van der Waals surface area contributed by atoms with Crippen LogP contribution in [0, 0.1) is 11.8 Å². The van der Waals surface area contributed by atoms with E-state index in [-0.39, 0.29) is 5.91 Å². The molecule has 25 heavy (non-hydrogen) atoms. The number of para-hydroxylation sites is 1. The van der Waals surface area contributed by atoms with Crippen LogP contribution in [0.15, 0.2) is 24.3 Å². The zero-order chi connectivity index (χ0) is 18.6. The molecule has 1 amide bonds. The van der Waals surface area contributed by atoms with Gasteiger partial charge in [0.2, 0.25) is 0 Å². The minimum Gasteiger partial charge on any atom is -0.352 e. The molecule has 136 valence electrons. The van der Waals surface area contributed by atoms with E-state index in [1.807, 2.05) is 35.9 Å². The van der Waals surface area contributed by atoms with Crippen molar-refractivity contribution in [2.45, 2.75) is 47.5 Å². The van der Waals surface area contributed by atoms with Gasteiger partial charge in [-0.25, -0.2) is 4.68 Å². The molecule has 0 saturated heterocycles. The zero-order valence-corrected chi connectivity index (χ0v) is 16.5. The summed E-state index contributed by atoms with van der Waals surface area (Å²) in [5.74, 6) is 0.775. The predicted molar refractivity (Wildman–Crippen MR) is 104 cm³/mol. The molecule has 0 fully saturated rings. The molecule has 5 heteroatoms. The Hall–Kier alpha value is -1.81. The molecule has 0 bridgehead atoms. The Morgan fingerprint density at radius 1 is 1.20 bits per heavy atom. The number of nitrogens with zero attached hydrogens (tertiary/aromatic N) is 2. The van der Waals surface area contributed by atoms with E-state index in [9.17, 15) is 4.79 Å². The smallest absolute Gasteiger partial charge is 0.255 e. The van der Waals surface area contributed by atoms with E-state index >= 15 is 0 Å². The quantitative estimate of drug-likeness (QED) is 0.778. The lowest BCUT2D eigenvalue weighted by molar-refractivity contribution is 0.0947. The Morgan fingerprint density at radius 2 is 1.88 bits per heavy atom. The fraction of sp³-hybridized carbons (Fsp3) is 0.500. The van der Waals surface area contributed by atoms with Gasteiger partial charge in [-0.1, -0.05) is 58.4 Å². The van der Waals surface area contributed by atoms with Gasteiger partial charge in [0.25, 0.3) is 5.91 Å². The lowest BCUT2D eigenvalue weighted by Gasteiger charge is -2.11. The highest BCUT2D eigenvalue weighted by Gasteiger charge is 2.24. The number of carbonyl (C=O) groups is 1. The third-order valence-corrected chi connectivity index (χ3v) is 4.29. The van der Waals surface area contributed by atoms with Crippen LogP contribution in [-0.4, -0.2) is 22.2 Å². The molecule has 0 atom stereocenters. The van der Waals surface area contributed by atoms with Crippen LogP contribution in [0.2, 0.25) is 5.02 Å². The molecule has 0 aliphatic carbocycles. The molecule has 1 aromatic carbocycles. The largest absolute Gasteiger partial charge is 0.352 e. The molecule has 0 unspecified atom stereocenters. The molecular weight excluding hydrogens is 334 g/mol. The van der Waals surface area contributed by atoms with Crippen molar-refractivity contribution < 1.29 is 4.79 Å². The fourth-order valence-corrected chi connectivity index (χ4v) is 3.05. The first-order valence-electron chi connectivity index (χ1n) is 8.98. The summed E-state index contributed by atoms with van der Waals surface area (Å²) in [6.45, 7) is 11.1. The molecular formula is C20H28ClN3O. The van der Waals surface area contributed by atoms with E-state index in [0.29, 0.717) is 35.4 Å². The number of hydrogen-bond donors (Lipinski definition) is 1. The SMILES string of the molecule is CCc1c(C(=O)NCC(C)C)c(CC(C)C)nn1-c1ccccc1Cl. The maximum absolute atomic E-state index is 12.9. The average molecular weight is 362 g/mol. The Balaban J connectivity index is 2.55. The van der Waals surface area contributed by atoms with Gasteiger partial charge in [0, 0.05) is 6.54 Å². The van der Waals surface area contributed by atoms with Crippen molar-refractivity contribution in [3.63, 3.8) is 0 Å². The van der Waals surface area contributed by atoms with Gasteiger partial charge in [-0.3, -0.25) is 4.79 Å². The average Bonchev–Trinajstić information content (AvgIpc) is 2.90. The number of amides is 1. The summed E-state index contributed by atoms with van der Waals surface area (Å²) in [6, 6.07) is 7.61. The normalized spacial score (nSPS) is 11.4. The Labute approximate surface area is 155 Å². The molecule has 0 aliphatic heterocycles. The van der Waals surface area contributed by atoms with Gasteiger partial charge >= 0.3 is 0 Å². The summed E-state index contributed by atoms with van der Waals surface area (Å²) in [5, 5.41) is 8.44. The van der Waals surface area contributed by atoms with Crippen molar-refractivity contribution in [2.75, 3.05) is 6.54 Å². The summed E-state index contributed by atoms with van der Waals surface area (Å²) in [6.07, 6.45) is 1.47. The number of nitrogens with one attached hydrogen (secondary N) is 1. The predicted octanol–water partition coefficient (Wildman–Crippen LogP) is 4.67. The van der Waals surface area contributed by atoms with Crippen molar-refractivity contribution in [3.05, 3.63) is 46.2 Å². The second kappa shape index (κ2) is 8.52. The summed E-state index contributed by atoms with van der Waals surface area (Å²) >= 11 is 6.38. The van der Waals surface area contributed by atoms with Crippen molar-refractivity contribution in [3.8, 4) is 5.69 Å². The van der Waals surface area contributed by atoms with Gasteiger partial charge in [0.1, 0.15) is 0 Å². The van der Waals surface area contributed by atoms with E-state index < -0.39 is 0 Å².